The molecule has 0 unspecified atom stereocenters. The smallest absolute Gasteiger partial charge is 0.405 e. The van der Waals surface area contributed by atoms with Gasteiger partial charge in [-0.25, -0.2) is 13.2 Å². The number of carboxylic acid groups (broad SMARTS) is 1. The zero-order valence-electron chi connectivity index (χ0n) is 31.0. The maximum atomic E-state index is 14.6. The second-order valence-corrected chi connectivity index (χ2v) is 17.2. The maximum absolute atomic E-state index is 14.6. The van der Waals surface area contributed by atoms with Gasteiger partial charge in [0.2, 0.25) is 27.7 Å². The van der Waals surface area contributed by atoms with E-state index < -0.39 is 74.1 Å². The lowest BCUT2D eigenvalue weighted by Gasteiger charge is -2.33. The van der Waals surface area contributed by atoms with Gasteiger partial charge in [0.1, 0.15) is 34.9 Å². The number of fused-ring (bicyclic) bond motifs is 3. The van der Waals surface area contributed by atoms with Gasteiger partial charge < -0.3 is 39.6 Å². The molecule has 3 fully saturated rings. The summed E-state index contributed by atoms with van der Waals surface area (Å²) in [7, 11) is 0.375. The molecule has 0 radical (unpaired) electrons. The first kappa shape index (κ1) is 39.0. The van der Waals surface area contributed by atoms with Gasteiger partial charge in [-0.1, -0.05) is 25.1 Å². The fourth-order valence-electron chi connectivity index (χ4n) is 7.54. The Bertz CT molecular complexity index is 1940. The third-order valence-electron chi connectivity index (χ3n) is 11.1. The number of ether oxygens (including phenoxy) is 4. The molecule has 2 aromatic rings. The van der Waals surface area contributed by atoms with E-state index >= 15 is 0 Å². The molecule has 4 aliphatic rings. The van der Waals surface area contributed by atoms with Crippen molar-refractivity contribution in [2.24, 2.45) is 17.8 Å². The van der Waals surface area contributed by atoms with Crippen LogP contribution in [0.25, 0.3) is 10.9 Å². The van der Waals surface area contributed by atoms with Crippen molar-refractivity contribution < 1.29 is 51.6 Å². The molecule has 17 nitrogen and oxygen atoms in total. The third kappa shape index (κ3) is 7.76. The highest BCUT2D eigenvalue weighted by molar-refractivity contribution is 7.91. The van der Waals surface area contributed by atoms with Gasteiger partial charge in [0.15, 0.2) is 0 Å². The van der Waals surface area contributed by atoms with Gasteiger partial charge in [-0.15, -0.1) is 0 Å². The Labute approximate surface area is 313 Å². The number of aromatic nitrogens is 2. The standard InChI is InChI=1S/C36H48N6O11S/c1-20-9-6-7-10-22-17-36(22,32(45)41-54(48,49)35(2)13-14-35)40-29(43)25-16-23(18-42(25)31(44)28(38-34(46)47)21(15-20)19-50-3)53-33-37-24-11-8-12-26(51-4)27(24)30(39-33)52-5/h7-8,10-12,20-23,25,28,38H,6,9,13-19H2,1-5H3,(H,40,43)(H,41,45)(H,46,47)/t20-,21+,22-,23-,25+,28+,36-/m1/s1. The lowest BCUT2D eigenvalue weighted by molar-refractivity contribution is -0.142. The zero-order chi connectivity index (χ0) is 39.0. The molecule has 1 aromatic heterocycles. The van der Waals surface area contributed by atoms with Crippen LogP contribution in [0.3, 0.4) is 0 Å². The molecule has 4 amide bonds. The van der Waals surface area contributed by atoms with Crippen LogP contribution < -0.4 is 29.6 Å². The lowest BCUT2D eigenvalue weighted by Crippen LogP contribution is -2.59. The van der Waals surface area contributed by atoms with E-state index in [2.05, 4.69) is 25.3 Å². The van der Waals surface area contributed by atoms with E-state index in [1.54, 1.807) is 25.1 Å². The highest BCUT2D eigenvalue weighted by Crippen LogP contribution is 2.47. The van der Waals surface area contributed by atoms with Crippen molar-refractivity contribution in [2.45, 2.75) is 87.3 Å². The molecule has 2 aliphatic carbocycles. The summed E-state index contributed by atoms with van der Waals surface area (Å²) in [5, 5.41) is 15.6. The predicted molar refractivity (Wildman–Crippen MR) is 193 cm³/mol. The van der Waals surface area contributed by atoms with Crippen LogP contribution in [-0.4, -0.2) is 115 Å². The predicted octanol–water partition coefficient (Wildman–Crippen LogP) is 2.14. The Morgan fingerprint density at radius 2 is 1.87 bits per heavy atom. The summed E-state index contributed by atoms with van der Waals surface area (Å²) in [5.74, 6) is -2.65. The van der Waals surface area contributed by atoms with Crippen molar-refractivity contribution in [2.75, 3.05) is 34.5 Å². The van der Waals surface area contributed by atoms with Crippen LogP contribution in [0.5, 0.6) is 17.6 Å². The summed E-state index contributed by atoms with van der Waals surface area (Å²) in [4.78, 5) is 65.1. The number of nitrogens with one attached hydrogen (secondary N) is 3. The summed E-state index contributed by atoms with van der Waals surface area (Å²) < 4.78 is 50.1. The number of allylic oxidation sites excluding steroid dienone is 1. The normalized spacial score (nSPS) is 29.5. The van der Waals surface area contributed by atoms with Gasteiger partial charge in [0.25, 0.3) is 5.91 Å². The molecule has 6 rings (SSSR count). The second kappa shape index (κ2) is 15.2. The number of rotatable bonds is 10. The minimum Gasteiger partial charge on any atom is -0.496 e. The number of benzene rings is 1. The van der Waals surface area contributed by atoms with Crippen LogP contribution in [0, 0.1) is 17.8 Å². The average Bonchev–Trinajstić information content (AvgIpc) is 4.01. The molecule has 7 atom stereocenters. The molecule has 18 heteroatoms. The topological polar surface area (TPSA) is 225 Å². The monoisotopic (exact) mass is 772 g/mol. The Balaban J connectivity index is 1.36. The van der Waals surface area contributed by atoms with Gasteiger partial charge in [0.05, 0.1) is 37.6 Å². The number of hydrogen-bond acceptors (Lipinski definition) is 12. The van der Waals surface area contributed by atoms with Gasteiger partial charge in [-0.2, -0.15) is 9.97 Å². The van der Waals surface area contributed by atoms with Crippen LogP contribution in [0.4, 0.5) is 4.79 Å². The van der Waals surface area contributed by atoms with Crippen LogP contribution >= 0.6 is 0 Å². The zero-order valence-corrected chi connectivity index (χ0v) is 31.8. The Morgan fingerprint density at radius 1 is 1.11 bits per heavy atom. The highest BCUT2D eigenvalue weighted by Gasteiger charge is 2.63. The lowest BCUT2D eigenvalue weighted by atomic mass is 9.87. The molecule has 294 valence electrons. The molecular formula is C36H48N6O11S. The number of hydrogen-bond donors (Lipinski definition) is 4. The van der Waals surface area contributed by atoms with Gasteiger partial charge in [-0.05, 0) is 63.5 Å². The summed E-state index contributed by atoms with van der Waals surface area (Å²) in [6.07, 6.45) is 4.04. The molecule has 0 bridgehead atoms. The largest absolute Gasteiger partial charge is 0.496 e. The molecule has 4 N–H and O–H groups in total. The van der Waals surface area contributed by atoms with Crippen LogP contribution in [0.1, 0.15) is 58.8 Å². The van der Waals surface area contributed by atoms with E-state index in [-0.39, 0.29) is 43.8 Å². The summed E-state index contributed by atoms with van der Waals surface area (Å²) >= 11 is 0. The first-order valence-electron chi connectivity index (χ1n) is 18.0. The van der Waals surface area contributed by atoms with Crippen molar-refractivity contribution in [1.82, 2.24) is 30.2 Å². The summed E-state index contributed by atoms with van der Waals surface area (Å²) in [6, 6.07) is 2.55. The van der Waals surface area contributed by atoms with E-state index in [0.29, 0.717) is 48.8 Å². The van der Waals surface area contributed by atoms with E-state index in [0.717, 1.165) is 0 Å². The van der Waals surface area contributed by atoms with Crippen LogP contribution in [-0.2, 0) is 29.1 Å². The van der Waals surface area contributed by atoms with Crippen molar-refractivity contribution in [1.29, 1.82) is 0 Å². The molecule has 2 aliphatic heterocycles. The average molecular weight is 773 g/mol. The fourth-order valence-corrected chi connectivity index (χ4v) is 8.85. The van der Waals surface area contributed by atoms with Crippen molar-refractivity contribution >= 4 is 44.7 Å². The van der Waals surface area contributed by atoms with Crippen molar-refractivity contribution in [3.8, 4) is 17.6 Å². The molecule has 0 spiro atoms. The molecule has 1 aromatic carbocycles. The molecule has 3 heterocycles. The fraction of sp³-hybridized carbons (Fsp3) is 0.611. The number of methoxy groups -OCH3 is 3. The molecule has 2 saturated carbocycles. The first-order chi connectivity index (χ1) is 25.6. The molecule has 54 heavy (non-hydrogen) atoms. The van der Waals surface area contributed by atoms with Gasteiger partial charge >= 0.3 is 12.1 Å². The first-order valence-corrected chi connectivity index (χ1v) is 19.5. The molecule has 1 saturated heterocycles. The number of nitrogens with zero attached hydrogens (tertiary/aromatic N) is 3. The Hall–Kier alpha value is -4.71. The number of carbonyl (C=O) groups is 4. The maximum Gasteiger partial charge on any atom is 0.405 e. The minimum absolute atomic E-state index is 0.0337. The second-order valence-electron chi connectivity index (χ2n) is 15.0. The van der Waals surface area contributed by atoms with E-state index in [9.17, 15) is 32.7 Å². The van der Waals surface area contributed by atoms with Crippen molar-refractivity contribution in [3.63, 3.8) is 0 Å². The van der Waals surface area contributed by atoms with E-state index in [1.807, 2.05) is 19.1 Å². The quantitative estimate of drug-likeness (QED) is 0.255. The van der Waals surface area contributed by atoms with Gasteiger partial charge in [0, 0.05) is 25.4 Å². The van der Waals surface area contributed by atoms with E-state index in [1.165, 1.54) is 26.2 Å². The Kier molecular flexibility index (Phi) is 11.0. The number of sulfonamides is 1. The third-order valence-corrected chi connectivity index (χ3v) is 13.2. The van der Waals surface area contributed by atoms with Crippen molar-refractivity contribution in [3.05, 3.63) is 30.4 Å². The Morgan fingerprint density at radius 3 is 2.54 bits per heavy atom. The number of amides is 4. The van der Waals surface area contributed by atoms with Crippen LogP contribution in [0.15, 0.2) is 30.4 Å². The van der Waals surface area contributed by atoms with E-state index in [4.69, 9.17) is 18.9 Å². The van der Waals surface area contributed by atoms with Gasteiger partial charge in [-0.3, -0.25) is 19.1 Å². The molecular weight excluding hydrogens is 724 g/mol. The number of carbonyl (C=O) groups excluding carboxylic acids is 3. The summed E-state index contributed by atoms with van der Waals surface area (Å²) in [5.41, 5.74) is -1.13. The highest BCUT2D eigenvalue weighted by atomic mass is 32.2. The van der Waals surface area contributed by atoms with Crippen LogP contribution in [0.2, 0.25) is 0 Å². The summed E-state index contributed by atoms with van der Waals surface area (Å²) in [6.45, 7) is 3.46. The minimum atomic E-state index is -4.03. The SMILES string of the molecule is COC[C@@H]1C[C@H](C)CCC=C[C@@H]2C[C@@]2(C(=O)NS(=O)(=O)C2(C)CC2)NC(=O)[C@@H]2C[C@@H](Oc3nc(OC)c4c(OC)cccc4n3)CN2C(=O)[C@H]1NC(=O)O.